The third kappa shape index (κ3) is 4.06. The molecule has 98 valence electrons. The second-order valence-electron chi connectivity index (χ2n) is 4.74. The van der Waals surface area contributed by atoms with Gasteiger partial charge in [-0.05, 0) is 31.0 Å². The number of fused-ring (bicyclic) bond motifs is 1. The smallest absolute Gasteiger partial charge is 0.0938 e. The third-order valence-electron chi connectivity index (χ3n) is 3.14. The summed E-state index contributed by atoms with van der Waals surface area (Å²) >= 11 is 5.35. The Kier molecular flexibility index (Phi) is 5.64. The average molecular weight is 326 g/mol. The van der Waals surface area contributed by atoms with Gasteiger partial charge in [-0.2, -0.15) is 0 Å². The Bertz CT molecular complexity index is 492. The number of nitrogens with zero attached hydrogens (tertiary/aromatic N) is 1. The molecule has 2 rings (SSSR count). The predicted octanol–water partition coefficient (Wildman–Crippen LogP) is 5.96. The molecule has 1 heterocycles. The maximum absolute atomic E-state index is 4.69. The van der Waals surface area contributed by atoms with Crippen molar-refractivity contribution in [1.82, 2.24) is 4.98 Å². The first-order valence-electron chi connectivity index (χ1n) is 6.84. The lowest BCUT2D eigenvalue weighted by Crippen LogP contribution is -1.84. The van der Waals surface area contributed by atoms with Gasteiger partial charge in [0.25, 0.3) is 0 Å². The molecule has 0 aliphatic heterocycles. The molecular formula is C15H20BrNS. The summed E-state index contributed by atoms with van der Waals surface area (Å²) in [5.74, 6) is 0. The van der Waals surface area contributed by atoms with Crippen LogP contribution in [0.3, 0.4) is 0 Å². The van der Waals surface area contributed by atoms with E-state index in [1.54, 1.807) is 0 Å². The summed E-state index contributed by atoms with van der Waals surface area (Å²) in [7, 11) is 0. The zero-order chi connectivity index (χ0) is 12.8. The van der Waals surface area contributed by atoms with Crippen molar-refractivity contribution in [2.75, 3.05) is 0 Å². The van der Waals surface area contributed by atoms with E-state index in [9.17, 15) is 0 Å². The Labute approximate surface area is 122 Å². The van der Waals surface area contributed by atoms with Gasteiger partial charge < -0.3 is 0 Å². The summed E-state index contributed by atoms with van der Waals surface area (Å²) in [5, 5.41) is 1.29. The Balaban J connectivity index is 1.81. The molecule has 0 aliphatic rings. The average Bonchev–Trinajstić information content (AvgIpc) is 2.75. The largest absolute Gasteiger partial charge is 0.241 e. The zero-order valence-corrected chi connectivity index (χ0v) is 13.3. The number of unbranched alkanes of at least 4 members (excludes halogenated alkanes) is 5. The molecule has 0 radical (unpaired) electrons. The van der Waals surface area contributed by atoms with Crippen molar-refractivity contribution < 1.29 is 0 Å². The highest BCUT2D eigenvalue weighted by Gasteiger charge is 2.03. The molecule has 0 amide bonds. The van der Waals surface area contributed by atoms with Gasteiger partial charge in [0.2, 0.25) is 0 Å². The van der Waals surface area contributed by atoms with Crippen molar-refractivity contribution in [3.8, 4) is 0 Å². The highest BCUT2D eigenvalue weighted by atomic mass is 79.9. The second-order valence-corrected chi connectivity index (χ2v) is 6.77. The highest BCUT2D eigenvalue weighted by molar-refractivity contribution is 9.10. The van der Waals surface area contributed by atoms with Crippen LogP contribution in [0.25, 0.3) is 10.2 Å². The molecule has 0 fully saturated rings. The van der Waals surface area contributed by atoms with E-state index in [1.807, 2.05) is 11.3 Å². The molecule has 0 atom stereocenters. The molecule has 18 heavy (non-hydrogen) atoms. The van der Waals surface area contributed by atoms with E-state index in [1.165, 1.54) is 48.2 Å². The number of halogens is 1. The molecule has 1 aromatic heterocycles. The van der Waals surface area contributed by atoms with Gasteiger partial charge in [-0.15, -0.1) is 11.3 Å². The molecule has 1 aromatic carbocycles. The quantitative estimate of drug-likeness (QED) is 0.572. The number of benzene rings is 1. The maximum Gasteiger partial charge on any atom is 0.0938 e. The van der Waals surface area contributed by atoms with Crippen LogP contribution >= 0.6 is 27.3 Å². The molecule has 1 nitrogen and oxygen atoms in total. The predicted molar refractivity (Wildman–Crippen MR) is 84.4 cm³/mol. The van der Waals surface area contributed by atoms with E-state index in [-0.39, 0.29) is 0 Å². The Morgan fingerprint density at radius 2 is 1.89 bits per heavy atom. The lowest BCUT2D eigenvalue weighted by Gasteiger charge is -1.98. The molecule has 0 saturated carbocycles. The third-order valence-corrected chi connectivity index (χ3v) is 4.71. The highest BCUT2D eigenvalue weighted by Crippen LogP contribution is 2.26. The molecule has 0 bridgehead atoms. The van der Waals surface area contributed by atoms with Gasteiger partial charge in [0.1, 0.15) is 0 Å². The van der Waals surface area contributed by atoms with E-state index in [2.05, 4.69) is 46.0 Å². The van der Waals surface area contributed by atoms with Crippen molar-refractivity contribution in [1.29, 1.82) is 0 Å². The minimum absolute atomic E-state index is 1.14. The van der Waals surface area contributed by atoms with E-state index in [0.717, 1.165) is 16.4 Å². The van der Waals surface area contributed by atoms with Crippen LogP contribution in [0.5, 0.6) is 0 Å². The van der Waals surface area contributed by atoms with Crippen LogP contribution in [0.4, 0.5) is 0 Å². The normalized spacial score (nSPS) is 11.2. The van der Waals surface area contributed by atoms with Gasteiger partial charge in [-0.25, -0.2) is 4.98 Å². The zero-order valence-electron chi connectivity index (χ0n) is 10.9. The Morgan fingerprint density at radius 1 is 1.11 bits per heavy atom. The Hall–Kier alpha value is -0.410. The van der Waals surface area contributed by atoms with Gasteiger partial charge in [-0.1, -0.05) is 55.0 Å². The monoisotopic (exact) mass is 325 g/mol. The SMILES string of the molecule is CCCCCCCCc1nc2ccc(Br)cc2s1. The van der Waals surface area contributed by atoms with Crippen molar-refractivity contribution in [2.45, 2.75) is 51.9 Å². The summed E-state index contributed by atoms with van der Waals surface area (Å²) in [6.07, 6.45) is 9.25. The van der Waals surface area contributed by atoms with Crippen LogP contribution in [0.2, 0.25) is 0 Å². The molecule has 3 heteroatoms. The first-order valence-corrected chi connectivity index (χ1v) is 8.45. The summed E-state index contributed by atoms with van der Waals surface area (Å²) in [6, 6.07) is 6.33. The number of rotatable bonds is 7. The van der Waals surface area contributed by atoms with Gasteiger partial charge in [0, 0.05) is 4.47 Å². The summed E-state index contributed by atoms with van der Waals surface area (Å²) in [5.41, 5.74) is 1.14. The molecule has 0 aliphatic carbocycles. The van der Waals surface area contributed by atoms with Crippen molar-refractivity contribution >= 4 is 37.5 Å². The lowest BCUT2D eigenvalue weighted by molar-refractivity contribution is 0.607. The lowest BCUT2D eigenvalue weighted by atomic mass is 10.1. The van der Waals surface area contributed by atoms with Crippen LogP contribution in [-0.2, 0) is 6.42 Å². The Morgan fingerprint density at radius 3 is 2.72 bits per heavy atom. The fraction of sp³-hybridized carbons (Fsp3) is 0.533. The summed E-state index contributed by atoms with van der Waals surface area (Å²) < 4.78 is 2.44. The molecule has 0 N–H and O–H groups in total. The topological polar surface area (TPSA) is 12.9 Å². The number of thiazole rings is 1. The van der Waals surface area contributed by atoms with Crippen molar-refractivity contribution in [3.63, 3.8) is 0 Å². The van der Waals surface area contributed by atoms with Crippen LogP contribution in [0.15, 0.2) is 22.7 Å². The van der Waals surface area contributed by atoms with Crippen LogP contribution in [0, 0.1) is 0 Å². The number of hydrogen-bond acceptors (Lipinski definition) is 2. The van der Waals surface area contributed by atoms with Crippen LogP contribution in [0.1, 0.15) is 50.5 Å². The number of aromatic nitrogens is 1. The van der Waals surface area contributed by atoms with E-state index in [0.29, 0.717) is 0 Å². The molecule has 0 saturated heterocycles. The minimum atomic E-state index is 1.14. The fourth-order valence-electron chi connectivity index (χ4n) is 2.11. The van der Waals surface area contributed by atoms with Gasteiger partial charge in [0.15, 0.2) is 0 Å². The van der Waals surface area contributed by atoms with E-state index >= 15 is 0 Å². The summed E-state index contributed by atoms with van der Waals surface area (Å²) in [6.45, 7) is 2.26. The number of aryl methyl sites for hydroxylation is 1. The standard InChI is InChI=1S/C15H20BrNS/c1-2-3-4-5-6-7-8-15-17-13-10-9-12(16)11-14(13)18-15/h9-11H,2-8H2,1H3. The van der Waals surface area contributed by atoms with Gasteiger partial charge in [0.05, 0.1) is 15.2 Å². The van der Waals surface area contributed by atoms with Crippen LogP contribution in [-0.4, -0.2) is 4.98 Å². The minimum Gasteiger partial charge on any atom is -0.241 e. The fourth-order valence-corrected chi connectivity index (χ4v) is 3.67. The van der Waals surface area contributed by atoms with Crippen molar-refractivity contribution in [2.24, 2.45) is 0 Å². The number of hydrogen-bond donors (Lipinski definition) is 0. The first-order chi connectivity index (χ1) is 8.79. The van der Waals surface area contributed by atoms with Crippen molar-refractivity contribution in [3.05, 3.63) is 27.7 Å². The maximum atomic E-state index is 4.69. The second kappa shape index (κ2) is 7.25. The van der Waals surface area contributed by atoms with E-state index in [4.69, 9.17) is 0 Å². The summed E-state index contributed by atoms with van der Waals surface area (Å²) in [4.78, 5) is 4.69. The van der Waals surface area contributed by atoms with Gasteiger partial charge in [-0.3, -0.25) is 0 Å². The molecule has 0 spiro atoms. The molecule has 0 unspecified atom stereocenters. The molecular weight excluding hydrogens is 306 g/mol. The first kappa shape index (κ1) is 14.0. The molecule has 2 aromatic rings. The van der Waals surface area contributed by atoms with Crippen LogP contribution < -0.4 is 0 Å². The van der Waals surface area contributed by atoms with E-state index < -0.39 is 0 Å². The van der Waals surface area contributed by atoms with Gasteiger partial charge >= 0.3 is 0 Å².